The van der Waals surface area contributed by atoms with Gasteiger partial charge in [-0.15, -0.1) is 24.0 Å². The van der Waals surface area contributed by atoms with Crippen molar-refractivity contribution in [2.75, 3.05) is 31.1 Å². The number of anilines is 1. The summed E-state index contributed by atoms with van der Waals surface area (Å²) in [6.07, 6.45) is 3.49. The number of halogens is 2. The minimum absolute atomic E-state index is 0. The van der Waals surface area contributed by atoms with E-state index >= 15 is 0 Å². The molecule has 1 aromatic carbocycles. The van der Waals surface area contributed by atoms with Crippen molar-refractivity contribution < 1.29 is 4.52 Å². The zero-order valence-corrected chi connectivity index (χ0v) is 18.6. The Morgan fingerprint density at radius 3 is 2.48 bits per heavy atom. The van der Waals surface area contributed by atoms with Gasteiger partial charge in [-0.3, -0.25) is 0 Å². The van der Waals surface area contributed by atoms with Crippen molar-refractivity contribution in [2.24, 2.45) is 10.7 Å². The first-order valence-corrected chi connectivity index (χ1v) is 9.22. The van der Waals surface area contributed by atoms with Crippen LogP contribution in [0.1, 0.15) is 5.89 Å². The molecule has 0 bridgehead atoms. The Morgan fingerprint density at radius 1 is 1.10 bits per heavy atom. The largest absolute Gasteiger partial charge is 0.370 e. The molecule has 11 heteroatoms. The minimum atomic E-state index is 0. The number of nitrogens with zero attached hydrogens (tertiary/aromatic N) is 7. The summed E-state index contributed by atoms with van der Waals surface area (Å²) in [5, 5.41) is 4.63. The van der Waals surface area contributed by atoms with Crippen molar-refractivity contribution in [3.63, 3.8) is 0 Å². The minimum Gasteiger partial charge on any atom is -0.370 e. The van der Waals surface area contributed by atoms with E-state index in [9.17, 15) is 0 Å². The number of piperazine rings is 1. The summed E-state index contributed by atoms with van der Waals surface area (Å²) >= 11 is 5.90. The highest BCUT2D eigenvalue weighted by molar-refractivity contribution is 14.0. The molecule has 1 aliphatic heterocycles. The van der Waals surface area contributed by atoms with Crippen LogP contribution < -0.4 is 10.6 Å². The predicted octanol–water partition coefficient (Wildman–Crippen LogP) is 2.43. The maximum Gasteiger partial charge on any atom is 0.248 e. The van der Waals surface area contributed by atoms with Crippen molar-refractivity contribution in [1.82, 2.24) is 25.0 Å². The van der Waals surface area contributed by atoms with E-state index in [0.717, 1.165) is 37.7 Å². The second-order valence-electron chi connectivity index (χ2n) is 6.22. The van der Waals surface area contributed by atoms with Crippen molar-refractivity contribution in [2.45, 2.75) is 6.54 Å². The molecule has 3 aromatic rings. The van der Waals surface area contributed by atoms with E-state index in [1.54, 1.807) is 30.6 Å². The van der Waals surface area contributed by atoms with Gasteiger partial charge in [0.05, 0.1) is 0 Å². The summed E-state index contributed by atoms with van der Waals surface area (Å²) in [7, 11) is 0. The number of hydrogen-bond donors (Lipinski definition) is 1. The Balaban J connectivity index is 0.00000240. The fourth-order valence-electron chi connectivity index (χ4n) is 2.87. The summed E-state index contributed by atoms with van der Waals surface area (Å²) in [5.41, 5.74) is 6.97. The molecule has 9 nitrogen and oxygen atoms in total. The Kier molecular flexibility index (Phi) is 7.20. The van der Waals surface area contributed by atoms with Crippen LogP contribution in [0, 0.1) is 0 Å². The first kappa shape index (κ1) is 21.2. The van der Waals surface area contributed by atoms with Gasteiger partial charge in [0.1, 0.15) is 6.54 Å². The van der Waals surface area contributed by atoms with E-state index in [2.05, 4.69) is 30.0 Å². The normalized spacial score (nSPS) is 14.6. The van der Waals surface area contributed by atoms with E-state index in [1.165, 1.54) is 0 Å². The molecule has 0 spiro atoms. The molecule has 0 atom stereocenters. The van der Waals surface area contributed by atoms with Gasteiger partial charge in [0.15, 0.2) is 5.96 Å². The topological polar surface area (TPSA) is 110 Å². The summed E-state index contributed by atoms with van der Waals surface area (Å²) < 4.78 is 5.26. The summed E-state index contributed by atoms with van der Waals surface area (Å²) in [6.45, 7) is 3.28. The third kappa shape index (κ3) is 5.32. The third-order valence-electron chi connectivity index (χ3n) is 4.39. The second kappa shape index (κ2) is 9.83. The van der Waals surface area contributed by atoms with Crippen LogP contribution in [0.25, 0.3) is 11.4 Å². The Hall–Kier alpha value is -2.47. The van der Waals surface area contributed by atoms with E-state index in [0.29, 0.717) is 22.7 Å². The lowest BCUT2D eigenvalue weighted by Gasteiger charge is -2.35. The number of aromatic nitrogens is 4. The first-order valence-electron chi connectivity index (χ1n) is 8.84. The zero-order chi connectivity index (χ0) is 19.3. The number of aliphatic imine (C=N–C) groups is 1. The van der Waals surface area contributed by atoms with Gasteiger partial charge in [-0.2, -0.15) is 4.98 Å². The fourth-order valence-corrected chi connectivity index (χ4v) is 3.00. The molecule has 152 valence electrons. The number of rotatable bonds is 4. The van der Waals surface area contributed by atoms with Crippen LogP contribution in [0.3, 0.4) is 0 Å². The zero-order valence-electron chi connectivity index (χ0n) is 15.5. The Morgan fingerprint density at radius 2 is 1.79 bits per heavy atom. The van der Waals surface area contributed by atoms with Gasteiger partial charge in [0.25, 0.3) is 0 Å². The molecule has 0 saturated carbocycles. The number of hydrogen-bond acceptors (Lipinski definition) is 7. The van der Waals surface area contributed by atoms with E-state index < -0.39 is 0 Å². The lowest BCUT2D eigenvalue weighted by atomic mass is 10.2. The molecular formula is C18H20ClIN8O. The van der Waals surface area contributed by atoms with Crippen LogP contribution in [0.2, 0.25) is 5.02 Å². The average Bonchev–Trinajstić information content (AvgIpc) is 3.22. The van der Waals surface area contributed by atoms with E-state index in [-0.39, 0.29) is 30.5 Å². The molecule has 3 heterocycles. The quantitative estimate of drug-likeness (QED) is 0.314. The van der Waals surface area contributed by atoms with Gasteiger partial charge in [0.2, 0.25) is 17.7 Å². The van der Waals surface area contributed by atoms with Crippen LogP contribution in [0.15, 0.2) is 52.2 Å². The molecule has 1 aliphatic rings. The Labute approximate surface area is 190 Å². The molecule has 1 saturated heterocycles. The monoisotopic (exact) mass is 526 g/mol. The lowest BCUT2D eigenvalue weighted by molar-refractivity contribution is 0.368. The average molecular weight is 527 g/mol. The third-order valence-corrected chi connectivity index (χ3v) is 4.64. The van der Waals surface area contributed by atoms with Crippen molar-refractivity contribution >= 4 is 47.5 Å². The Bertz CT molecular complexity index is 942. The highest BCUT2D eigenvalue weighted by Gasteiger charge is 2.20. The molecule has 2 aromatic heterocycles. The standard InChI is InChI=1S/C18H19ClN8O.HI/c19-14-4-2-13(3-5-14)16-24-15(28-25-16)12-23-17(20)26-8-10-27(11-9-26)18-21-6-1-7-22-18;/h1-7H,8-12H2,(H2,20,23);1H. The number of benzene rings is 1. The second-order valence-corrected chi connectivity index (χ2v) is 6.65. The van der Waals surface area contributed by atoms with Crippen molar-refractivity contribution in [1.29, 1.82) is 0 Å². The van der Waals surface area contributed by atoms with Crippen molar-refractivity contribution in [3.8, 4) is 11.4 Å². The molecular weight excluding hydrogens is 507 g/mol. The summed E-state index contributed by atoms with van der Waals surface area (Å²) in [5.74, 6) is 2.10. The maximum absolute atomic E-state index is 6.14. The smallest absolute Gasteiger partial charge is 0.248 e. The molecule has 0 unspecified atom stereocenters. The fraction of sp³-hybridized carbons (Fsp3) is 0.278. The summed E-state index contributed by atoms with van der Waals surface area (Å²) in [6, 6.07) is 9.04. The van der Waals surface area contributed by atoms with Crippen LogP contribution in [0.4, 0.5) is 5.95 Å². The molecule has 29 heavy (non-hydrogen) atoms. The van der Waals surface area contributed by atoms with Crippen LogP contribution in [-0.4, -0.2) is 57.1 Å². The van der Waals surface area contributed by atoms with Crippen molar-refractivity contribution in [3.05, 3.63) is 53.6 Å². The van der Waals surface area contributed by atoms with Gasteiger partial charge >= 0.3 is 0 Å². The predicted molar refractivity (Wildman–Crippen MR) is 121 cm³/mol. The van der Waals surface area contributed by atoms with Gasteiger partial charge < -0.3 is 20.1 Å². The molecule has 0 amide bonds. The van der Waals surface area contributed by atoms with Gasteiger partial charge in [-0.05, 0) is 30.3 Å². The van der Waals surface area contributed by atoms with E-state index in [1.807, 2.05) is 17.0 Å². The summed E-state index contributed by atoms with van der Waals surface area (Å²) in [4.78, 5) is 21.5. The maximum atomic E-state index is 6.14. The van der Waals surface area contributed by atoms with Crippen LogP contribution >= 0.6 is 35.6 Å². The van der Waals surface area contributed by atoms with E-state index in [4.69, 9.17) is 21.9 Å². The van der Waals surface area contributed by atoms with Gasteiger partial charge in [0, 0.05) is 49.2 Å². The number of guanidine groups is 1. The number of nitrogens with two attached hydrogens (primary N) is 1. The first-order chi connectivity index (χ1) is 13.7. The molecule has 0 aliphatic carbocycles. The SMILES string of the molecule is I.NC(=NCc1nc(-c2ccc(Cl)cc2)no1)N1CCN(c2ncccn2)CC1. The van der Waals surface area contributed by atoms with Crippen LogP contribution in [0.5, 0.6) is 0 Å². The molecule has 2 N–H and O–H groups in total. The van der Waals surface area contributed by atoms with Gasteiger partial charge in [-0.1, -0.05) is 16.8 Å². The molecule has 4 rings (SSSR count). The van der Waals surface area contributed by atoms with Crippen LogP contribution in [-0.2, 0) is 6.54 Å². The molecule has 1 fully saturated rings. The molecule has 0 radical (unpaired) electrons. The highest BCUT2D eigenvalue weighted by Crippen LogP contribution is 2.19. The lowest BCUT2D eigenvalue weighted by Crippen LogP contribution is -2.51. The highest BCUT2D eigenvalue weighted by atomic mass is 127. The van der Waals surface area contributed by atoms with Gasteiger partial charge in [-0.25, -0.2) is 15.0 Å².